The fourth-order valence-corrected chi connectivity index (χ4v) is 2.87. The van der Waals surface area contributed by atoms with Crippen molar-refractivity contribution in [3.8, 4) is 0 Å². The summed E-state index contributed by atoms with van der Waals surface area (Å²) in [6, 6.07) is 7.28. The predicted octanol–water partition coefficient (Wildman–Crippen LogP) is 3.79. The smallest absolute Gasteiger partial charge is 0.182 e. The van der Waals surface area contributed by atoms with Crippen LogP contribution >= 0.6 is 11.6 Å². The number of hydrogen-bond acceptors (Lipinski definition) is 2. The van der Waals surface area contributed by atoms with Crippen LogP contribution in [0, 0.1) is 0 Å². The molecule has 0 amide bonds. The molecule has 0 aromatic heterocycles. The summed E-state index contributed by atoms with van der Waals surface area (Å²) < 4.78 is 0. The first kappa shape index (κ1) is 13.6. The van der Waals surface area contributed by atoms with Crippen LogP contribution < -0.4 is 0 Å². The summed E-state index contributed by atoms with van der Waals surface area (Å²) >= 11 is 5.98. The SMILES string of the molecule is CCC(C)(C(=O)c1cccc(Cl)c1)N1CCCC1. The molecule has 1 aliphatic heterocycles. The summed E-state index contributed by atoms with van der Waals surface area (Å²) in [5.41, 5.74) is 0.333. The van der Waals surface area contributed by atoms with E-state index in [1.165, 1.54) is 12.8 Å². The van der Waals surface area contributed by atoms with Gasteiger partial charge in [0.2, 0.25) is 0 Å². The molecule has 1 heterocycles. The minimum Gasteiger partial charge on any atom is -0.292 e. The Hall–Kier alpha value is -0.860. The molecule has 1 aromatic rings. The largest absolute Gasteiger partial charge is 0.292 e. The average Bonchev–Trinajstić information content (AvgIpc) is 2.91. The Morgan fingerprint density at radius 1 is 1.39 bits per heavy atom. The minimum absolute atomic E-state index is 0.189. The lowest BCUT2D eigenvalue weighted by Crippen LogP contribution is -2.50. The second-order valence-corrected chi connectivity index (χ2v) is 5.60. The van der Waals surface area contributed by atoms with Crippen molar-refractivity contribution in [1.82, 2.24) is 4.90 Å². The summed E-state index contributed by atoms with van der Waals surface area (Å²) in [6.45, 7) is 6.19. The molecular formula is C15H20ClNO. The zero-order chi connectivity index (χ0) is 13.2. The first-order valence-electron chi connectivity index (χ1n) is 6.63. The van der Waals surface area contributed by atoms with Crippen molar-refractivity contribution in [2.75, 3.05) is 13.1 Å². The molecule has 0 spiro atoms. The third-order valence-electron chi connectivity index (χ3n) is 4.07. The number of carbonyl (C=O) groups is 1. The zero-order valence-corrected chi connectivity index (χ0v) is 11.8. The van der Waals surface area contributed by atoms with Crippen molar-refractivity contribution >= 4 is 17.4 Å². The lowest BCUT2D eigenvalue weighted by molar-refractivity contribution is 0.0647. The minimum atomic E-state index is -0.388. The van der Waals surface area contributed by atoms with Gasteiger partial charge in [-0.2, -0.15) is 0 Å². The number of benzene rings is 1. The van der Waals surface area contributed by atoms with Crippen LogP contribution in [0.25, 0.3) is 0 Å². The highest BCUT2D eigenvalue weighted by molar-refractivity contribution is 6.31. The van der Waals surface area contributed by atoms with E-state index in [1.54, 1.807) is 12.1 Å². The van der Waals surface area contributed by atoms with Gasteiger partial charge in [-0.25, -0.2) is 0 Å². The van der Waals surface area contributed by atoms with Gasteiger partial charge >= 0.3 is 0 Å². The number of rotatable bonds is 4. The average molecular weight is 266 g/mol. The highest BCUT2D eigenvalue weighted by atomic mass is 35.5. The van der Waals surface area contributed by atoms with Crippen LogP contribution in [-0.2, 0) is 0 Å². The highest BCUT2D eigenvalue weighted by Crippen LogP contribution is 2.29. The van der Waals surface area contributed by atoms with Crippen LogP contribution in [0.2, 0.25) is 5.02 Å². The Labute approximate surface area is 114 Å². The van der Waals surface area contributed by atoms with Gasteiger partial charge in [0.25, 0.3) is 0 Å². The molecule has 0 bridgehead atoms. The second kappa shape index (κ2) is 5.41. The number of hydrogen-bond donors (Lipinski definition) is 0. The van der Waals surface area contributed by atoms with Crippen LogP contribution in [0.15, 0.2) is 24.3 Å². The summed E-state index contributed by atoms with van der Waals surface area (Å²) in [7, 11) is 0. The number of nitrogens with zero attached hydrogens (tertiary/aromatic N) is 1. The van der Waals surface area contributed by atoms with E-state index in [2.05, 4.69) is 18.7 Å². The van der Waals surface area contributed by atoms with Gasteiger partial charge in [0.1, 0.15) is 0 Å². The molecule has 1 saturated heterocycles. The van der Waals surface area contributed by atoms with E-state index in [0.29, 0.717) is 5.02 Å². The Morgan fingerprint density at radius 2 is 2.06 bits per heavy atom. The third kappa shape index (κ3) is 2.45. The molecule has 3 heteroatoms. The van der Waals surface area contributed by atoms with Gasteiger partial charge in [-0.3, -0.25) is 9.69 Å². The maximum Gasteiger partial charge on any atom is 0.182 e. The van der Waals surface area contributed by atoms with E-state index in [1.807, 2.05) is 12.1 Å². The molecular weight excluding hydrogens is 246 g/mol. The van der Waals surface area contributed by atoms with E-state index in [-0.39, 0.29) is 11.3 Å². The maximum absolute atomic E-state index is 12.7. The van der Waals surface area contributed by atoms with E-state index in [0.717, 1.165) is 25.1 Å². The van der Waals surface area contributed by atoms with Crippen molar-refractivity contribution in [3.05, 3.63) is 34.9 Å². The molecule has 98 valence electrons. The number of likely N-dealkylation sites (tertiary alicyclic amines) is 1. The maximum atomic E-state index is 12.7. The molecule has 1 aromatic carbocycles. The number of carbonyl (C=O) groups excluding carboxylic acids is 1. The summed E-state index contributed by atoms with van der Waals surface area (Å²) in [5, 5.41) is 0.626. The third-order valence-corrected chi connectivity index (χ3v) is 4.30. The van der Waals surface area contributed by atoms with Gasteiger partial charge in [0.15, 0.2) is 5.78 Å². The van der Waals surface area contributed by atoms with Gasteiger partial charge in [-0.1, -0.05) is 30.7 Å². The summed E-state index contributed by atoms with van der Waals surface area (Å²) in [6.07, 6.45) is 3.22. The lowest BCUT2D eigenvalue weighted by Gasteiger charge is -2.36. The Balaban J connectivity index is 2.29. The lowest BCUT2D eigenvalue weighted by atomic mass is 9.87. The fourth-order valence-electron chi connectivity index (χ4n) is 2.68. The number of Topliss-reactive ketones (excluding diaryl/α,β-unsaturated/α-hetero) is 1. The molecule has 0 N–H and O–H groups in total. The van der Waals surface area contributed by atoms with Gasteiger partial charge in [-0.15, -0.1) is 0 Å². The molecule has 2 nitrogen and oxygen atoms in total. The first-order valence-corrected chi connectivity index (χ1v) is 7.01. The number of halogens is 1. The molecule has 1 aliphatic rings. The zero-order valence-electron chi connectivity index (χ0n) is 11.1. The highest BCUT2D eigenvalue weighted by Gasteiger charge is 2.39. The monoisotopic (exact) mass is 265 g/mol. The van der Waals surface area contributed by atoms with E-state index in [9.17, 15) is 4.79 Å². The quantitative estimate of drug-likeness (QED) is 0.772. The Bertz CT molecular complexity index is 440. The van der Waals surface area contributed by atoms with Crippen LogP contribution in [0.3, 0.4) is 0 Å². The van der Waals surface area contributed by atoms with Crippen molar-refractivity contribution in [2.45, 2.75) is 38.6 Å². The molecule has 2 rings (SSSR count). The summed E-state index contributed by atoms with van der Waals surface area (Å²) in [5.74, 6) is 0.189. The molecule has 1 unspecified atom stereocenters. The Kier molecular flexibility index (Phi) is 4.08. The molecule has 1 fully saturated rings. The van der Waals surface area contributed by atoms with Crippen molar-refractivity contribution in [2.24, 2.45) is 0 Å². The summed E-state index contributed by atoms with van der Waals surface area (Å²) in [4.78, 5) is 15.1. The van der Waals surface area contributed by atoms with Gasteiger partial charge in [-0.05, 0) is 51.4 Å². The molecule has 0 aliphatic carbocycles. The van der Waals surface area contributed by atoms with Gasteiger partial charge in [0, 0.05) is 10.6 Å². The van der Waals surface area contributed by atoms with Crippen molar-refractivity contribution in [3.63, 3.8) is 0 Å². The second-order valence-electron chi connectivity index (χ2n) is 5.16. The Morgan fingerprint density at radius 3 is 2.61 bits per heavy atom. The van der Waals surface area contributed by atoms with E-state index >= 15 is 0 Å². The van der Waals surface area contributed by atoms with Crippen molar-refractivity contribution < 1.29 is 4.79 Å². The fraction of sp³-hybridized carbons (Fsp3) is 0.533. The topological polar surface area (TPSA) is 20.3 Å². The molecule has 1 atom stereocenters. The first-order chi connectivity index (χ1) is 8.58. The molecule has 0 saturated carbocycles. The van der Waals surface area contributed by atoms with Crippen LogP contribution in [0.1, 0.15) is 43.5 Å². The predicted molar refractivity (Wildman–Crippen MR) is 75.3 cm³/mol. The van der Waals surface area contributed by atoms with Crippen LogP contribution in [-0.4, -0.2) is 29.3 Å². The standard InChI is InChI=1S/C15H20ClNO/c1-3-15(2,17-9-4-5-10-17)14(18)12-7-6-8-13(16)11-12/h6-8,11H,3-5,9-10H2,1-2H3. The number of ketones is 1. The molecule has 0 radical (unpaired) electrons. The van der Waals surface area contributed by atoms with Gasteiger partial charge < -0.3 is 0 Å². The van der Waals surface area contributed by atoms with E-state index in [4.69, 9.17) is 11.6 Å². The van der Waals surface area contributed by atoms with Gasteiger partial charge in [0.05, 0.1) is 5.54 Å². The van der Waals surface area contributed by atoms with E-state index < -0.39 is 0 Å². The van der Waals surface area contributed by atoms with Crippen LogP contribution in [0.5, 0.6) is 0 Å². The normalized spacial score (nSPS) is 19.7. The van der Waals surface area contributed by atoms with Crippen molar-refractivity contribution in [1.29, 1.82) is 0 Å². The molecule has 18 heavy (non-hydrogen) atoms. The van der Waals surface area contributed by atoms with Crippen LogP contribution in [0.4, 0.5) is 0 Å².